The maximum absolute atomic E-state index is 13.2. The van der Waals surface area contributed by atoms with Crippen LogP contribution in [0, 0.1) is 0 Å². The van der Waals surface area contributed by atoms with Crippen molar-refractivity contribution in [3.8, 4) is 21.7 Å². The van der Waals surface area contributed by atoms with Gasteiger partial charge in [0.15, 0.2) is 5.13 Å². The third-order valence-electron chi connectivity index (χ3n) is 6.70. The van der Waals surface area contributed by atoms with Crippen molar-refractivity contribution < 1.29 is 23.1 Å². The van der Waals surface area contributed by atoms with Gasteiger partial charge in [0.2, 0.25) is 10.0 Å². The van der Waals surface area contributed by atoms with E-state index in [0.29, 0.717) is 28.0 Å². The second kappa shape index (κ2) is 13.5. The van der Waals surface area contributed by atoms with E-state index < -0.39 is 27.9 Å². The quantitative estimate of drug-likeness (QED) is 0.141. The first kappa shape index (κ1) is 31.0. The van der Waals surface area contributed by atoms with Crippen LogP contribution in [-0.2, 0) is 27.8 Å². The van der Waals surface area contributed by atoms with Gasteiger partial charge in [-0.15, -0.1) is 0 Å². The number of nitrogens with one attached hydrogen (secondary N) is 2. The molecule has 0 fully saturated rings. The lowest BCUT2D eigenvalue weighted by atomic mass is 10.1. The molecule has 9 nitrogen and oxygen atoms in total. The first-order chi connectivity index (χ1) is 21.1. The van der Waals surface area contributed by atoms with E-state index in [4.69, 9.17) is 17.3 Å². The highest BCUT2D eigenvalue weighted by Crippen LogP contribution is 2.40. The van der Waals surface area contributed by atoms with Crippen LogP contribution >= 0.6 is 22.9 Å². The van der Waals surface area contributed by atoms with Crippen LogP contribution in [0.5, 0.6) is 0 Å². The number of carboxylic acid groups (broad SMARTS) is 1. The van der Waals surface area contributed by atoms with E-state index in [1.807, 2.05) is 36.4 Å². The third kappa shape index (κ3) is 7.39. The third-order valence-corrected chi connectivity index (χ3v) is 9.45. The fraction of sp³-hybridized carbons (Fsp3) is 0.0938. The smallest absolute Gasteiger partial charge is 0.322 e. The van der Waals surface area contributed by atoms with E-state index in [9.17, 15) is 23.1 Å². The molecule has 12 heteroatoms. The highest BCUT2D eigenvalue weighted by molar-refractivity contribution is 7.89. The summed E-state index contributed by atoms with van der Waals surface area (Å²) in [4.78, 5) is 30.3. The van der Waals surface area contributed by atoms with Crippen molar-refractivity contribution in [1.82, 2.24) is 9.71 Å². The Kier molecular flexibility index (Phi) is 9.52. The number of carbonyl (C=O) groups excluding carboxylic acids is 1. The largest absolute Gasteiger partial charge is 0.480 e. The molecule has 0 aliphatic carbocycles. The predicted molar refractivity (Wildman–Crippen MR) is 172 cm³/mol. The molecule has 0 saturated heterocycles. The van der Waals surface area contributed by atoms with Gasteiger partial charge in [-0.3, -0.25) is 14.9 Å². The minimum Gasteiger partial charge on any atom is -0.480 e. The summed E-state index contributed by atoms with van der Waals surface area (Å²) in [5.74, 6) is -1.80. The van der Waals surface area contributed by atoms with Gasteiger partial charge in [0.1, 0.15) is 6.04 Å². The number of nitrogens with zero attached hydrogens (tertiary/aromatic N) is 1. The minimum absolute atomic E-state index is 0.0277. The molecule has 0 aliphatic rings. The fourth-order valence-electron chi connectivity index (χ4n) is 4.43. The Bertz CT molecular complexity index is 1900. The number of sulfonamides is 1. The van der Waals surface area contributed by atoms with Crippen molar-refractivity contribution in [2.24, 2.45) is 5.73 Å². The predicted octanol–water partition coefficient (Wildman–Crippen LogP) is 5.82. The lowest BCUT2D eigenvalue weighted by Gasteiger charge is -2.15. The first-order valence-corrected chi connectivity index (χ1v) is 16.1. The molecule has 0 aliphatic heterocycles. The molecule has 0 bridgehead atoms. The van der Waals surface area contributed by atoms with Crippen LogP contribution in [-0.4, -0.2) is 36.4 Å². The maximum Gasteiger partial charge on any atom is 0.322 e. The number of hydrogen-bond donors (Lipinski definition) is 4. The molecule has 4 aromatic carbocycles. The summed E-state index contributed by atoms with van der Waals surface area (Å²) in [5.41, 5.74) is 9.91. The lowest BCUT2D eigenvalue weighted by molar-refractivity contribution is -0.138. The van der Waals surface area contributed by atoms with Crippen LogP contribution in [0.25, 0.3) is 21.7 Å². The lowest BCUT2D eigenvalue weighted by Crippen LogP contribution is -2.42. The number of aliphatic carboxylic acids is 1. The van der Waals surface area contributed by atoms with Gasteiger partial charge in [-0.2, -0.15) is 4.72 Å². The number of anilines is 1. The van der Waals surface area contributed by atoms with Crippen LogP contribution in [0.4, 0.5) is 5.13 Å². The summed E-state index contributed by atoms with van der Waals surface area (Å²) < 4.78 is 28.2. The van der Waals surface area contributed by atoms with E-state index >= 15 is 0 Å². The molecule has 0 radical (unpaired) electrons. The SMILES string of the molecule is NCc1ccc(-c2sc(NC(=O)c3ccc(S(=O)(=O)N[C@@H](Cc4ccccc4)C(=O)O)cc3)nc2-c2cccc(Cl)c2)cc1. The second-order valence-electron chi connectivity index (χ2n) is 9.79. The van der Waals surface area contributed by atoms with Crippen LogP contribution in [0.1, 0.15) is 21.5 Å². The molecule has 44 heavy (non-hydrogen) atoms. The number of rotatable bonds is 11. The Morgan fingerprint density at radius 2 is 1.59 bits per heavy atom. The fourth-order valence-corrected chi connectivity index (χ4v) is 6.80. The Hall–Kier alpha value is -4.39. The summed E-state index contributed by atoms with van der Waals surface area (Å²) in [7, 11) is -4.19. The molecule has 1 atom stereocenters. The molecule has 5 rings (SSSR count). The number of aromatic nitrogens is 1. The van der Waals surface area contributed by atoms with E-state index in [1.54, 1.807) is 42.5 Å². The Morgan fingerprint density at radius 3 is 2.23 bits per heavy atom. The minimum atomic E-state index is -4.19. The summed E-state index contributed by atoms with van der Waals surface area (Å²) in [6.07, 6.45) is -0.0277. The maximum atomic E-state index is 13.2. The van der Waals surface area contributed by atoms with Crippen molar-refractivity contribution in [1.29, 1.82) is 0 Å². The molecule has 1 amide bonds. The molecule has 0 spiro atoms. The number of hydrogen-bond acceptors (Lipinski definition) is 7. The summed E-state index contributed by atoms with van der Waals surface area (Å²) in [5, 5.41) is 13.3. The van der Waals surface area contributed by atoms with Gasteiger partial charge in [-0.1, -0.05) is 89.7 Å². The number of halogens is 1. The summed E-state index contributed by atoms with van der Waals surface area (Å²) in [6.45, 7) is 0.412. The normalized spacial score (nSPS) is 12.0. The van der Waals surface area contributed by atoms with Crippen LogP contribution in [0.3, 0.4) is 0 Å². The van der Waals surface area contributed by atoms with Gasteiger partial charge in [0, 0.05) is 22.7 Å². The van der Waals surface area contributed by atoms with Gasteiger partial charge in [-0.25, -0.2) is 13.4 Å². The number of benzene rings is 4. The average Bonchev–Trinajstić information content (AvgIpc) is 3.45. The topological polar surface area (TPSA) is 151 Å². The van der Waals surface area contributed by atoms with E-state index in [-0.39, 0.29) is 16.9 Å². The second-order valence-corrected chi connectivity index (χ2v) is 12.9. The number of nitrogens with two attached hydrogens (primary N) is 1. The van der Waals surface area contributed by atoms with Crippen LogP contribution in [0.15, 0.2) is 108 Å². The van der Waals surface area contributed by atoms with Crippen molar-refractivity contribution in [2.75, 3.05) is 5.32 Å². The molecular weight excluding hydrogens is 620 g/mol. The molecular formula is C32H27ClN4O5S2. The molecule has 1 aromatic heterocycles. The molecule has 0 unspecified atom stereocenters. The van der Waals surface area contributed by atoms with Crippen molar-refractivity contribution in [3.05, 3.63) is 125 Å². The monoisotopic (exact) mass is 646 g/mol. The summed E-state index contributed by atoms with van der Waals surface area (Å²) in [6, 6.07) is 27.6. The van der Waals surface area contributed by atoms with E-state index in [2.05, 4.69) is 15.0 Å². The van der Waals surface area contributed by atoms with Gasteiger partial charge in [0.05, 0.1) is 15.5 Å². The number of thiazole rings is 1. The highest BCUT2D eigenvalue weighted by atomic mass is 35.5. The standard InChI is InChI=1S/C32H27ClN4O5S2/c33-25-8-4-7-24(18-25)28-29(22-11-9-21(19-34)10-12-22)43-32(35-28)36-30(38)23-13-15-26(16-14-23)44(41,42)37-27(31(39)40)17-20-5-2-1-3-6-20/h1-16,18,27,37H,17,19,34H2,(H,39,40)(H,35,36,38)/t27-/m0/s1. The highest BCUT2D eigenvalue weighted by Gasteiger charge is 2.26. The van der Waals surface area contributed by atoms with Gasteiger partial charge >= 0.3 is 5.97 Å². The molecule has 0 saturated carbocycles. The van der Waals surface area contributed by atoms with Gasteiger partial charge in [-0.05, 0) is 59.5 Å². The Labute approximate surface area is 263 Å². The molecule has 1 heterocycles. The zero-order valence-electron chi connectivity index (χ0n) is 23.1. The van der Waals surface area contributed by atoms with Gasteiger partial charge < -0.3 is 10.8 Å². The summed E-state index contributed by atoms with van der Waals surface area (Å²) >= 11 is 7.53. The molecule has 224 valence electrons. The Balaban J connectivity index is 1.35. The zero-order chi connectivity index (χ0) is 31.3. The van der Waals surface area contributed by atoms with Crippen molar-refractivity contribution in [3.63, 3.8) is 0 Å². The van der Waals surface area contributed by atoms with Crippen molar-refractivity contribution in [2.45, 2.75) is 23.9 Å². The zero-order valence-corrected chi connectivity index (χ0v) is 25.5. The number of carbonyl (C=O) groups is 2. The van der Waals surface area contributed by atoms with E-state index in [0.717, 1.165) is 21.6 Å². The Morgan fingerprint density at radius 1 is 0.886 bits per heavy atom. The van der Waals surface area contributed by atoms with Gasteiger partial charge in [0.25, 0.3) is 5.91 Å². The molecule has 5 aromatic rings. The van der Waals surface area contributed by atoms with Crippen LogP contribution in [0.2, 0.25) is 5.02 Å². The van der Waals surface area contributed by atoms with Crippen LogP contribution < -0.4 is 15.8 Å². The first-order valence-electron chi connectivity index (χ1n) is 13.4. The number of carboxylic acids is 1. The van der Waals surface area contributed by atoms with Crippen molar-refractivity contribution >= 4 is 50.0 Å². The molecule has 5 N–H and O–H groups in total. The van der Waals surface area contributed by atoms with E-state index in [1.165, 1.54) is 35.6 Å². The number of amides is 1. The average molecular weight is 647 g/mol.